The van der Waals surface area contributed by atoms with E-state index in [0.29, 0.717) is 22.7 Å². The number of ketones is 1. The number of carbonyl (C=O) groups excluding carboxylic acids is 4. The summed E-state index contributed by atoms with van der Waals surface area (Å²) in [7, 11) is 0. The summed E-state index contributed by atoms with van der Waals surface area (Å²) < 4.78 is 5.53. The molecule has 0 saturated carbocycles. The second kappa shape index (κ2) is 8.55. The van der Waals surface area contributed by atoms with Crippen LogP contribution in [-0.2, 0) is 14.4 Å². The molecule has 2 fully saturated rings. The fourth-order valence-electron chi connectivity index (χ4n) is 5.84. The van der Waals surface area contributed by atoms with Crippen molar-refractivity contribution in [3.05, 3.63) is 95.6 Å². The molecule has 7 heteroatoms. The lowest BCUT2D eigenvalue weighted by molar-refractivity contribution is -0.132. The van der Waals surface area contributed by atoms with Gasteiger partial charge in [0.15, 0.2) is 11.5 Å². The van der Waals surface area contributed by atoms with E-state index in [1.54, 1.807) is 48.5 Å². The number of anilines is 2. The minimum atomic E-state index is -0.954. The van der Waals surface area contributed by atoms with Crippen LogP contribution in [0.1, 0.15) is 28.4 Å². The normalized spacial score (nSPS) is 23.5. The highest BCUT2D eigenvalue weighted by Crippen LogP contribution is 2.52. The van der Waals surface area contributed by atoms with E-state index in [1.165, 1.54) is 11.8 Å². The van der Waals surface area contributed by atoms with Crippen molar-refractivity contribution in [1.82, 2.24) is 0 Å². The van der Waals surface area contributed by atoms with Crippen LogP contribution in [0.15, 0.2) is 78.9 Å². The number of hydrogen-bond donors (Lipinski definition) is 0. The number of aryl methyl sites for hydroxylation is 1. The van der Waals surface area contributed by atoms with Gasteiger partial charge in [-0.2, -0.15) is 0 Å². The first kappa shape index (κ1) is 22.9. The van der Waals surface area contributed by atoms with Crippen molar-refractivity contribution in [1.29, 1.82) is 0 Å². The van der Waals surface area contributed by atoms with E-state index in [2.05, 4.69) is 0 Å². The lowest BCUT2D eigenvalue weighted by Gasteiger charge is -2.37. The number of carbonyl (C=O) groups is 4. The minimum Gasteiger partial charge on any atom is -0.424 e. The zero-order chi connectivity index (χ0) is 25.8. The number of para-hydroxylation sites is 1. The molecule has 4 atom stereocenters. The second-order valence-corrected chi connectivity index (χ2v) is 9.62. The summed E-state index contributed by atoms with van der Waals surface area (Å²) in [5.74, 6) is -2.86. The zero-order valence-electron chi connectivity index (χ0n) is 20.3. The summed E-state index contributed by atoms with van der Waals surface area (Å²) in [6.45, 7) is 3.25. The fraction of sp³-hybridized carbons (Fsp3) is 0.200. The molecule has 0 aromatic heterocycles. The van der Waals surface area contributed by atoms with Gasteiger partial charge < -0.3 is 9.64 Å². The van der Waals surface area contributed by atoms with Crippen LogP contribution in [-0.4, -0.2) is 35.7 Å². The third-order valence-corrected chi connectivity index (χ3v) is 7.36. The number of rotatable bonds is 4. The van der Waals surface area contributed by atoms with E-state index in [9.17, 15) is 19.2 Å². The van der Waals surface area contributed by atoms with Crippen molar-refractivity contribution >= 4 is 41.0 Å². The van der Waals surface area contributed by atoms with E-state index < -0.39 is 35.8 Å². The molecule has 2 amide bonds. The number of benzene rings is 3. The van der Waals surface area contributed by atoms with Crippen LogP contribution in [0.2, 0.25) is 0 Å². The van der Waals surface area contributed by atoms with Crippen LogP contribution in [0.25, 0.3) is 6.08 Å². The highest BCUT2D eigenvalue weighted by Gasteiger charge is 2.64. The molecule has 0 unspecified atom stereocenters. The van der Waals surface area contributed by atoms with Crippen LogP contribution < -0.4 is 14.5 Å². The van der Waals surface area contributed by atoms with Crippen molar-refractivity contribution < 1.29 is 23.9 Å². The van der Waals surface area contributed by atoms with E-state index in [0.717, 1.165) is 11.1 Å². The fourth-order valence-corrected chi connectivity index (χ4v) is 5.84. The Hall–Kier alpha value is -4.52. The van der Waals surface area contributed by atoms with Gasteiger partial charge in [0.2, 0.25) is 11.8 Å². The van der Waals surface area contributed by atoms with E-state index in [1.807, 2.05) is 48.2 Å². The van der Waals surface area contributed by atoms with Crippen molar-refractivity contribution in [3.63, 3.8) is 0 Å². The molecule has 0 spiro atoms. The Labute approximate surface area is 213 Å². The maximum atomic E-state index is 14.1. The van der Waals surface area contributed by atoms with Crippen LogP contribution in [0, 0.1) is 18.8 Å². The number of hydrogen-bond acceptors (Lipinski definition) is 6. The van der Waals surface area contributed by atoms with Gasteiger partial charge >= 0.3 is 5.97 Å². The molecule has 3 heterocycles. The standard InChI is InChI=1S/C30H24N2O5/c1-17-11-14-21(15-12-17)31-29(35)24-22-16-13-19-9-6-10-23(37-18(2)33)26(19)32(22)27(25(24)30(31)36)28(34)20-7-4-3-5-8-20/h3-16,22,24-25,27H,1-2H3/t22-,24-,25-,27+/m0/s1. The van der Waals surface area contributed by atoms with Gasteiger partial charge in [0, 0.05) is 18.1 Å². The monoisotopic (exact) mass is 492 g/mol. The first-order valence-electron chi connectivity index (χ1n) is 12.2. The molecule has 0 radical (unpaired) electrons. The zero-order valence-corrected chi connectivity index (χ0v) is 20.3. The summed E-state index contributed by atoms with van der Waals surface area (Å²) in [5.41, 5.74) is 3.24. The van der Waals surface area contributed by atoms with Gasteiger partial charge in [-0.25, -0.2) is 4.90 Å². The first-order valence-corrected chi connectivity index (χ1v) is 12.2. The molecular weight excluding hydrogens is 468 g/mol. The number of fused-ring (bicyclic) bond motifs is 5. The molecule has 0 bridgehead atoms. The van der Waals surface area contributed by atoms with Crippen molar-refractivity contribution in [3.8, 4) is 5.75 Å². The van der Waals surface area contributed by atoms with E-state index in [-0.39, 0.29) is 11.7 Å². The summed E-state index contributed by atoms with van der Waals surface area (Å²) in [6.07, 6.45) is 3.74. The number of esters is 1. The Kier molecular flexibility index (Phi) is 5.30. The predicted octanol–water partition coefficient (Wildman–Crippen LogP) is 4.19. The molecule has 0 N–H and O–H groups in total. The summed E-state index contributed by atoms with van der Waals surface area (Å²) >= 11 is 0. The minimum absolute atomic E-state index is 0.260. The van der Waals surface area contributed by atoms with E-state index in [4.69, 9.17) is 4.74 Å². The maximum Gasteiger partial charge on any atom is 0.308 e. The largest absolute Gasteiger partial charge is 0.424 e. The number of imide groups is 1. The second-order valence-electron chi connectivity index (χ2n) is 9.62. The summed E-state index contributed by atoms with van der Waals surface area (Å²) in [4.78, 5) is 56.9. The van der Waals surface area contributed by atoms with Crippen molar-refractivity contribution in [2.45, 2.75) is 25.9 Å². The van der Waals surface area contributed by atoms with Crippen LogP contribution in [0.5, 0.6) is 5.75 Å². The van der Waals surface area contributed by atoms with Crippen LogP contribution >= 0.6 is 0 Å². The molecule has 3 aliphatic rings. The van der Waals surface area contributed by atoms with Gasteiger partial charge in [-0.3, -0.25) is 19.2 Å². The maximum absolute atomic E-state index is 14.1. The Balaban J connectivity index is 1.52. The molecule has 37 heavy (non-hydrogen) atoms. The molecule has 3 aromatic rings. The quantitative estimate of drug-likeness (QED) is 0.235. The summed E-state index contributed by atoms with van der Waals surface area (Å²) in [6, 6.07) is 19.8. The number of Topliss-reactive ketones (excluding diaryl/α,β-unsaturated/α-hetero) is 1. The van der Waals surface area contributed by atoms with Crippen LogP contribution in [0.3, 0.4) is 0 Å². The Morgan fingerprint density at radius 2 is 1.54 bits per heavy atom. The number of nitrogens with zero attached hydrogens (tertiary/aromatic N) is 2. The van der Waals surface area contributed by atoms with Gasteiger partial charge in [0.05, 0.1) is 29.3 Å². The lowest BCUT2D eigenvalue weighted by Crippen LogP contribution is -2.49. The lowest BCUT2D eigenvalue weighted by atomic mass is 9.86. The van der Waals surface area contributed by atoms with Gasteiger partial charge in [-0.1, -0.05) is 72.3 Å². The molecule has 0 aliphatic carbocycles. The SMILES string of the molecule is CC(=O)Oc1cccc2c1N1[C@@H](C=C2)[C@@H]2C(=O)N(c3ccc(C)cc3)C(=O)[C@@H]2[C@@H]1C(=O)c1ccccc1. The number of amides is 2. The van der Waals surface area contributed by atoms with Gasteiger partial charge in [-0.05, 0) is 25.1 Å². The Morgan fingerprint density at radius 1 is 0.838 bits per heavy atom. The molecule has 6 rings (SSSR count). The smallest absolute Gasteiger partial charge is 0.308 e. The summed E-state index contributed by atoms with van der Waals surface area (Å²) in [5, 5.41) is 0. The van der Waals surface area contributed by atoms with E-state index >= 15 is 0 Å². The van der Waals surface area contributed by atoms with Gasteiger partial charge in [-0.15, -0.1) is 0 Å². The Bertz CT molecular complexity index is 1480. The molecule has 184 valence electrons. The molecular formula is C30H24N2O5. The van der Waals surface area contributed by atoms with Gasteiger partial charge in [0.25, 0.3) is 0 Å². The number of ether oxygens (including phenoxy) is 1. The molecule has 7 nitrogen and oxygen atoms in total. The highest BCUT2D eigenvalue weighted by atomic mass is 16.5. The predicted molar refractivity (Wildman–Crippen MR) is 138 cm³/mol. The van der Waals surface area contributed by atoms with Crippen molar-refractivity contribution in [2.75, 3.05) is 9.80 Å². The first-order chi connectivity index (χ1) is 17.9. The average molecular weight is 493 g/mol. The Morgan fingerprint density at radius 3 is 2.24 bits per heavy atom. The average Bonchev–Trinajstić information content (AvgIpc) is 3.37. The van der Waals surface area contributed by atoms with Crippen LogP contribution in [0.4, 0.5) is 11.4 Å². The topological polar surface area (TPSA) is 84.0 Å². The molecule has 3 aromatic carbocycles. The van der Waals surface area contributed by atoms with Gasteiger partial charge in [0.1, 0.15) is 6.04 Å². The van der Waals surface area contributed by atoms with Crippen molar-refractivity contribution in [2.24, 2.45) is 11.8 Å². The highest BCUT2D eigenvalue weighted by molar-refractivity contribution is 6.25. The third kappa shape index (κ3) is 3.49. The third-order valence-electron chi connectivity index (χ3n) is 7.36. The molecule has 3 aliphatic heterocycles. The molecule has 2 saturated heterocycles.